The molecule has 0 fully saturated rings. The van der Waals surface area contributed by atoms with Crippen LogP contribution in [-0.4, -0.2) is 33.7 Å². The number of carbonyl (C=O) groups excluding carboxylic acids is 1. The van der Waals surface area contributed by atoms with E-state index >= 15 is 0 Å². The van der Waals surface area contributed by atoms with E-state index in [0.29, 0.717) is 23.5 Å². The van der Waals surface area contributed by atoms with Crippen molar-refractivity contribution in [3.8, 4) is 5.75 Å². The van der Waals surface area contributed by atoms with E-state index in [9.17, 15) is 13.2 Å². The number of anilines is 2. The van der Waals surface area contributed by atoms with Gasteiger partial charge >= 0.3 is 0 Å². The number of benzene rings is 2. The second kappa shape index (κ2) is 8.43. The number of hydrogen-bond acceptors (Lipinski definition) is 4. The molecule has 0 aliphatic rings. The lowest BCUT2D eigenvalue weighted by Crippen LogP contribution is -2.47. The third kappa shape index (κ3) is 5.01. The Morgan fingerprint density at radius 3 is 2.26 bits per heavy atom. The first-order valence-corrected chi connectivity index (χ1v) is 10.5. The summed E-state index contributed by atoms with van der Waals surface area (Å²) in [5, 5.41) is 2.79. The summed E-state index contributed by atoms with van der Waals surface area (Å²) in [4.78, 5) is 13.0. The molecule has 0 saturated heterocycles. The Labute approximate surface area is 161 Å². The fraction of sp³-hybridized carbons (Fsp3) is 0.350. The maximum Gasteiger partial charge on any atom is 0.248 e. The van der Waals surface area contributed by atoms with E-state index < -0.39 is 22.0 Å². The molecular formula is C20H26N2O4S. The number of nitrogens with zero attached hydrogens (tertiary/aromatic N) is 1. The highest BCUT2D eigenvalue weighted by atomic mass is 32.2. The summed E-state index contributed by atoms with van der Waals surface area (Å²) in [5.41, 5.74) is 2.84. The first-order valence-electron chi connectivity index (χ1n) is 8.69. The molecule has 2 aromatic carbocycles. The molecule has 0 aliphatic heterocycles. The molecule has 0 aromatic heterocycles. The van der Waals surface area contributed by atoms with E-state index in [0.717, 1.165) is 17.4 Å². The van der Waals surface area contributed by atoms with Crippen LogP contribution in [0.4, 0.5) is 11.4 Å². The lowest BCUT2D eigenvalue weighted by atomic mass is 10.1. The maximum absolute atomic E-state index is 13.0. The molecule has 1 amide bonds. The summed E-state index contributed by atoms with van der Waals surface area (Å²) < 4.78 is 31.6. The van der Waals surface area contributed by atoms with E-state index in [-0.39, 0.29) is 0 Å². The van der Waals surface area contributed by atoms with E-state index in [2.05, 4.69) is 5.32 Å². The predicted molar refractivity (Wildman–Crippen MR) is 109 cm³/mol. The van der Waals surface area contributed by atoms with Crippen LogP contribution < -0.4 is 14.4 Å². The molecule has 1 N–H and O–H groups in total. The van der Waals surface area contributed by atoms with Crippen molar-refractivity contribution in [3.63, 3.8) is 0 Å². The molecule has 146 valence electrons. The lowest BCUT2D eigenvalue weighted by molar-refractivity contribution is -0.117. The molecule has 0 bridgehead atoms. The van der Waals surface area contributed by atoms with Crippen LogP contribution in [0.5, 0.6) is 5.75 Å². The molecule has 27 heavy (non-hydrogen) atoms. The Bertz CT molecular complexity index is 905. The van der Waals surface area contributed by atoms with Crippen molar-refractivity contribution >= 4 is 27.3 Å². The van der Waals surface area contributed by atoms with Gasteiger partial charge in [-0.05, 0) is 55.7 Å². The van der Waals surface area contributed by atoms with Gasteiger partial charge in [-0.15, -0.1) is 0 Å². The average molecular weight is 391 g/mol. The molecule has 2 aromatic rings. The molecule has 0 radical (unpaired) electrons. The van der Waals surface area contributed by atoms with Gasteiger partial charge in [0.1, 0.15) is 11.8 Å². The van der Waals surface area contributed by atoms with E-state index in [1.165, 1.54) is 11.4 Å². The maximum atomic E-state index is 13.0. The molecule has 0 saturated carbocycles. The van der Waals surface area contributed by atoms with Gasteiger partial charge in [0.25, 0.3) is 0 Å². The van der Waals surface area contributed by atoms with Crippen molar-refractivity contribution in [2.75, 3.05) is 23.0 Å². The fourth-order valence-corrected chi connectivity index (χ4v) is 4.30. The van der Waals surface area contributed by atoms with Crippen molar-refractivity contribution in [1.29, 1.82) is 0 Å². The van der Waals surface area contributed by atoms with Gasteiger partial charge in [0, 0.05) is 0 Å². The monoisotopic (exact) mass is 390 g/mol. The third-order valence-corrected chi connectivity index (χ3v) is 5.34. The Morgan fingerprint density at radius 1 is 1.15 bits per heavy atom. The molecule has 1 atom stereocenters. The minimum Gasteiger partial charge on any atom is -0.495 e. The second-order valence-electron chi connectivity index (χ2n) is 6.52. The lowest BCUT2D eigenvalue weighted by Gasteiger charge is -2.30. The Balaban J connectivity index is 2.44. The minimum atomic E-state index is -3.67. The zero-order valence-electron chi connectivity index (χ0n) is 16.3. The Kier molecular flexibility index (Phi) is 6.49. The fourth-order valence-electron chi connectivity index (χ4n) is 3.10. The highest BCUT2D eigenvalue weighted by Crippen LogP contribution is 2.27. The highest BCUT2D eigenvalue weighted by Gasteiger charge is 2.32. The first kappa shape index (κ1) is 20.8. The Morgan fingerprint density at radius 2 is 1.74 bits per heavy atom. The van der Waals surface area contributed by atoms with Gasteiger partial charge in [0.15, 0.2) is 0 Å². The zero-order chi connectivity index (χ0) is 20.2. The molecule has 7 heteroatoms. The molecular weight excluding hydrogens is 364 g/mol. The number of aryl methyl sites for hydroxylation is 2. The van der Waals surface area contributed by atoms with Crippen molar-refractivity contribution in [2.45, 2.75) is 33.2 Å². The summed E-state index contributed by atoms with van der Waals surface area (Å²) in [5.74, 6) is 0.101. The molecule has 2 rings (SSSR count). The normalized spacial score (nSPS) is 12.3. The largest absolute Gasteiger partial charge is 0.495 e. The number of amides is 1. The number of rotatable bonds is 7. The molecule has 0 heterocycles. The third-order valence-electron chi connectivity index (χ3n) is 4.16. The average Bonchev–Trinajstić information content (AvgIpc) is 2.57. The number of nitrogens with one attached hydrogen (secondary N) is 1. The summed E-state index contributed by atoms with van der Waals surface area (Å²) in [7, 11) is -2.16. The van der Waals surface area contributed by atoms with Crippen LogP contribution in [0.2, 0.25) is 0 Å². The van der Waals surface area contributed by atoms with Crippen molar-refractivity contribution in [1.82, 2.24) is 0 Å². The van der Waals surface area contributed by atoms with Crippen LogP contribution in [0.15, 0.2) is 42.5 Å². The van der Waals surface area contributed by atoms with Gasteiger partial charge in [-0.3, -0.25) is 9.10 Å². The molecule has 0 unspecified atom stereocenters. The summed E-state index contributed by atoms with van der Waals surface area (Å²) in [6.45, 7) is 5.58. The van der Waals surface area contributed by atoms with Gasteiger partial charge in [-0.25, -0.2) is 8.42 Å². The Hall–Kier alpha value is -2.54. The van der Waals surface area contributed by atoms with Gasteiger partial charge in [-0.1, -0.05) is 25.1 Å². The number of sulfonamides is 1. The highest BCUT2D eigenvalue weighted by molar-refractivity contribution is 7.92. The van der Waals surface area contributed by atoms with Crippen LogP contribution in [0.25, 0.3) is 0 Å². The SMILES string of the molecule is CC[C@H](C(=O)Nc1ccccc1OC)N(c1cc(C)cc(C)c1)S(C)(=O)=O. The van der Waals surface area contributed by atoms with E-state index in [1.807, 2.05) is 19.9 Å². The van der Waals surface area contributed by atoms with Crippen LogP contribution in [-0.2, 0) is 14.8 Å². The smallest absolute Gasteiger partial charge is 0.248 e. The van der Waals surface area contributed by atoms with Crippen LogP contribution in [0.1, 0.15) is 24.5 Å². The summed E-state index contributed by atoms with van der Waals surface area (Å²) in [6.07, 6.45) is 1.44. The van der Waals surface area contributed by atoms with Gasteiger partial charge < -0.3 is 10.1 Å². The van der Waals surface area contributed by atoms with Crippen molar-refractivity contribution in [2.24, 2.45) is 0 Å². The van der Waals surface area contributed by atoms with Crippen LogP contribution >= 0.6 is 0 Å². The topological polar surface area (TPSA) is 75.7 Å². The van der Waals surface area contributed by atoms with Gasteiger partial charge in [0.05, 0.1) is 24.7 Å². The predicted octanol–water partition coefficient (Wildman–Crippen LogP) is 3.50. The first-order chi connectivity index (χ1) is 12.7. The number of carbonyl (C=O) groups is 1. The van der Waals surface area contributed by atoms with E-state index in [1.54, 1.807) is 43.3 Å². The molecule has 6 nitrogen and oxygen atoms in total. The van der Waals surface area contributed by atoms with E-state index in [4.69, 9.17) is 4.74 Å². The zero-order valence-corrected chi connectivity index (χ0v) is 17.1. The quantitative estimate of drug-likeness (QED) is 0.785. The summed E-state index contributed by atoms with van der Waals surface area (Å²) in [6, 6.07) is 11.6. The van der Waals surface area contributed by atoms with Crippen LogP contribution in [0, 0.1) is 13.8 Å². The number of ether oxygens (including phenoxy) is 1. The van der Waals surface area contributed by atoms with Crippen LogP contribution in [0.3, 0.4) is 0 Å². The van der Waals surface area contributed by atoms with Gasteiger partial charge in [0.2, 0.25) is 15.9 Å². The molecule has 0 aliphatic carbocycles. The number of hydrogen-bond donors (Lipinski definition) is 1. The minimum absolute atomic E-state index is 0.320. The molecule has 0 spiro atoms. The van der Waals surface area contributed by atoms with Crippen molar-refractivity contribution in [3.05, 3.63) is 53.6 Å². The van der Waals surface area contributed by atoms with Gasteiger partial charge in [-0.2, -0.15) is 0 Å². The summed E-state index contributed by atoms with van der Waals surface area (Å²) >= 11 is 0. The second-order valence-corrected chi connectivity index (χ2v) is 8.38. The van der Waals surface area contributed by atoms with Crippen molar-refractivity contribution < 1.29 is 17.9 Å². The standard InChI is InChI=1S/C20H26N2O4S/c1-6-18(20(23)21-17-9-7-8-10-19(17)26-4)22(27(5,24)25)16-12-14(2)11-15(3)13-16/h7-13,18H,6H2,1-5H3,(H,21,23)/t18-/m1/s1. The number of para-hydroxylation sites is 2. The number of methoxy groups -OCH3 is 1.